The van der Waals surface area contributed by atoms with Crippen molar-refractivity contribution in [3.05, 3.63) is 35.4 Å². The molecule has 0 saturated carbocycles. The van der Waals surface area contributed by atoms with E-state index in [2.05, 4.69) is 0 Å². The molecule has 0 amide bonds. The zero-order valence-electron chi connectivity index (χ0n) is 10.1. The summed E-state index contributed by atoms with van der Waals surface area (Å²) in [7, 11) is 3.40. The van der Waals surface area contributed by atoms with E-state index in [1.165, 1.54) is 6.07 Å². The maximum atomic E-state index is 13.6. The Labute approximate surface area is 100 Å². The predicted molar refractivity (Wildman–Crippen MR) is 62.7 cm³/mol. The molecule has 0 spiro atoms. The first-order valence-electron chi connectivity index (χ1n) is 5.45. The van der Waals surface area contributed by atoms with E-state index in [4.69, 9.17) is 10.5 Å². The van der Waals surface area contributed by atoms with Crippen LogP contribution in [0.15, 0.2) is 18.2 Å². The number of ether oxygens (including phenoxy) is 1. The molecule has 5 heteroatoms. The minimum Gasteiger partial charge on any atom is -0.383 e. The van der Waals surface area contributed by atoms with Crippen molar-refractivity contribution in [2.24, 2.45) is 5.73 Å². The molecule has 3 nitrogen and oxygen atoms in total. The van der Waals surface area contributed by atoms with Crippen LogP contribution in [0.25, 0.3) is 0 Å². The quantitative estimate of drug-likeness (QED) is 0.825. The molecule has 1 aromatic carbocycles. The van der Waals surface area contributed by atoms with Crippen LogP contribution in [0, 0.1) is 11.6 Å². The number of likely N-dealkylation sites (N-methyl/N-ethyl adjacent to an activating group) is 1. The number of rotatable bonds is 6. The van der Waals surface area contributed by atoms with E-state index < -0.39 is 11.6 Å². The van der Waals surface area contributed by atoms with Gasteiger partial charge < -0.3 is 10.5 Å². The molecule has 1 rings (SSSR count). The molecule has 0 aliphatic carbocycles. The van der Waals surface area contributed by atoms with Crippen molar-refractivity contribution in [1.29, 1.82) is 0 Å². The Balaban J connectivity index is 2.89. The van der Waals surface area contributed by atoms with Crippen LogP contribution in [0.1, 0.15) is 11.6 Å². The average Bonchev–Trinajstić information content (AvgIpc) is 2.32. The summed E-state index contributed by atoms with van der Waals surface area (Å²) in [6.45, 7) is 1.35. The van der Waals surface area contributed by atoms with Gasteiger partial charge in [0.25, 0.3) is 0 Å². The first-order valence-corrected chi connectivity index (χ1v) is 5.45. The van der Waals surface area contributed by atoms with Gasteiger partial charge in [-0.25, -0.2) is 8.78 Å². The van der Waals surface area contributed by atoms with Crippen LogP contribution in [-0.2, 0) is 4.74 Å². The molecule has 0 aliphatic heterocycles. The van der Waals surface area contributed by atoms with Gasteiger partial charge in [-0.3, -0.25) is 4.90 Å². The molecule has 2 N–H and O–H groups in total. The highest BCUT2D eigenvalue weighted by Crippen LogP contribution is 2.22. The molecule has 0 bridgehead atoms. The Bertz CT molecular complexity index is 360. The van der Waals surface area contributed by atoms with Crippen LogP contribution >= 0.6 is 0 Å². The third-order valence-corrected chi connectivity index (χ3v) is 2.74. The molecular formula is C12H18F2N2O. The highest BCUT2D eigenvalue weighted by atomic mass is 19.2. The Kier molecular flexibility index (Phi) is 5.47. The molecule has 0 fully saturated rings. The first-order chi connectivity index (χ1) is 8.11. The lowest BCUT2D eigenvalue weighted by atomic mass is 10.0. The summed E-state index contributed by atoms with van der Waals surface area (Å²) in [5, 5.41) is 0. The van der Waals surface area contributed by atoms with E-state index in [-0.39, 0.29) is 18.2 Å². The van der Waals surface area contributed by atoms with Crippen molar-refractivity contribution in [2.45, 2.75) is 6.04 Å². The Morgan fingerprint density at radius 3 is 2.71 bits per heavy atom. The number of hydrogen-bond acceptors (Lipinski definition) is 3. The lowest BCUT2D eigenvalue weighted by molar-refractivity contribution is 0.139. The fourth-order valence-corrected chi connectivity index (χ4v) is 1.71. The fourth-order valence-electron chi connectivity index (χ4n) is 1.71. The SMILES string of the molecule is COCCN(C)C(CN)c1cccc(F)c1F. The summed E-state index contributed by atoms with van der Waals surface area (Å²) in [5.74, 6) is -1.67. The van der Waals surface area contributed by atoms with Gasteiger partial charge in [-0.15, -0.1) is 0 Å². The minimum atomic E-state index is -0.846. The second kappa shape index (κ2) is 6.64. The second-order valence-electron chi connectivity index (χ2n) is 3.87. The Hall–Kier alpha value is -1.04. The molecule has 96 valence electrons. The van der Waals surface area contributed by atoms with Crippen molar-refractivity contribution in [3.8, 4) is 0 Å². The zero-order valence-corrected chi connectivity index (χ0v) is 10.1. The lowest BCUT2D eigenvalue weighted by Gasteiger charge is -2.27. The maximum Gasteiger partial charge on any atom is 0.163 e. The van der Waals surface area contributed by atoms with Crippen molar-refractivity contribution < 1.29 is 13.5 Å². The summed E-state index contributed by atoms with van der Waals surface area (Å²) < 4.78 is 31.7. The molecule has 1 unspecified atom stereocenters. The van der Waals surface area contributed by atoms with E-state index in [1.807, 2.05) is 4.90 Å². The van der Waals surface area contributed by atoms with Crippen LogP contribution in [-0.4, -0.2) is 38.8 Å². The smallest absolute Gasteiger partial charge is 0.163 e. The fraction of sp³-hybridized carbons (Fsp3) is 0.500. The van der Waals surface area contributed by atoms with E-state index >= 15 is 0 Å². The Morgan fingerprint density at radius 1 is 1.41 bits per heavy atom. The molecule has 17 heavy (non-hydrogen) atoms. The van der Waals surface area contributed by atoms with Crippen LogP contribution in [0.3, 0.4) is 0 Å². The van der Waals surface area contributed by atoms with Gasteiger partial charge in [0.2, 0.25) is 0 Å². The molecule has 0 heterocycles. The van der Waals surface area contributed by atoms with E-state index in [0.717, 1.165) is 6.07 Å². The zero-order chi connectivity index (χ0) is 12.8. The largest absolute Gasteiger partial charge is 0.383 e. The number of benzene rings is 1. The van der Waals surface area contributed by atoms with Crippen LogP contribution in [0.2, 0.25) is 0 Å². The van der Waals surface area contributed by atoms with Crippen LogP contribution in [0.4, 0.5) is 8.78 Å². The van der Waals surface area contributed by atoms with Gasteiger partial charge >= 0.3 is 0 Å². The molecule has 1 aromatic rings. The highest BCUT2D eigenvalue weighted by molar-refractivity contribution is 5.23. The van der Waals surface area contributed by atoms with E-state index in [0.29, 0.717) is 13.2 Å². The molecular weight excluding hydrogens is 226 g/mol. The summed E-state index contributed by atoms with van der Waals surface area (Å²) in [5.41, 5.74) is 5.91. The molecule has 1 atom stereocenters. The monoisotopic (exact) mass is 244 g/mol. The van der Waals surface area contributed by atoms with E-state index in [1.54, 1.807) is 20.2 Å². The van der Waals surface area contributed by atoms with Gasteiger partial charge in [0.15, 0.2) is 11.6 Å². The molecule has 0 aromatic heterocycles. The summed E-state index contributed by atoms with van der Waals surface area (Å²) >= 11 is 0. The van der Waals surface area contributed by atoms with Crippen molar-refractivity contribution in [1.82, 2.24) is 4.90 Å². The van der Waals surface area contributed by atoms with E-state index in [9.17, 15) is 8.78 Å². The topological polar surface area (TPSA) is 38.5 Å². The standard InChI is InChI=1S/C12H18F2N2O/c1-16(6-7-17-2)11(8-15)9-4-3-5-10(13)12(9)14/h3-5,11H,6-8,15H2,1-2H3. The average molecular weight is 244 g/mol. The number of nitrogens with zero attached hydrogens (tertiary/aromatic N) is 1. The summed E-state index contributed by atoms with van der Waals surface area (Å²) in [6, 6.07) is 3.79. The minimum absolute atomic E-state index is 0.223. The summed E-state index contributed by atoms with van der Waals surface area (Å²) in [4.78, 5) is 1.85. The normalized spacial score (nSPS) is 13.1. The van der Waals surface area contributed by atoms with Gasteiger partial charge in [0, 0.05) is 31.8 Å². The first kappa shape index (κ1) is 14.0. The lowest BCUT2D eigenvalue weighted by Crippen LogP contribution is -2.33. The van der Waals surface area contributed by atoms with Gasteiger partial charge in [-0.05, 0) is 13.1 Å². The Morgan fingerprint density at radius 2 is 2.12 bits per heavy atom. The van der Waals surface area contributed by atoms with Gasteiger partial charge in [-0.1, -0.05) is 12.1 Å². The molecule has 0 aliphatic rings. The van der Waals surface area contributed by atoms with Crippen molar-refractivity contribution in [3.63, 3.8) is 0 Å². The summed E-state index contributed by atoms with van der Waals surface area (Å²) in [6.07, 6.45) is 0. The van der Waals surface area contributed by atoms with Crippen LogP contribution < -0.4 is 5.73 Å². The number of halogens is 2. The maximum absolute atomic E-state index is 13.6. The number of methoxy groups -OCH3 is 1. The predicted octanol–water partition coefficient (Wildman–Crippen LogP) is 1.54. The van der Waals surface area contributed by atoms with Gasteiger partial charge in [0.05, 0.1) is 6.61 Å². The highest BCUT2D eigenvalue weighted by Gasteiger charge is 2.20. The third kappa shape index (κ3) is 3.46. The third-order valence-electron chi connectivity index (χ3n) is 2.74. The number of hydrogen-bond donors (Lipinski definition) is 1. The number of nitrogens with two attached hydrogens (primary N) is 1. The second-order valence-corrected chi connectivity index (χ2v) is 3.87. The van der Waals surface area contributed by atoms with Crippen molar-refractivity contribution in [2.75, 3.05) is 33.9 Å². The van der Waals surface area contributed by atoms with Crippen molar-refractivity contribution >= 4 is 0 Å². The molecule has 0 saturated heterocycles. The molecule has 0 radical (unpaired) electrons. The van der Waals surface area contributed by atoms with Gasteiger partial charge in [0.1, 0.15) is 0 Å². The van der Waals surface area contributed by atoms with Gasteiger partial charge in [-0.2, -0.15) is 0 Å². The van der Waals surface area contributed by atoms with Crippen LogP contribution in [0.5, 0.6) is 0 Å².